The van der Waals surface area contributed by atoms with Crippen LogP contribution in [0.3, 0.4) is 0 Å². The second-order valence-electron chi connectivity index (χ2n) is 9.09. The molecule has 0 aromatic rings. The van der Waals surface area contributed by atoms with Crippen molar-refractivity contribution in [3.05, 3.63) is 0 Å². The van der Waals surface area contributed by atoms with Crippen molar-refractivity contribution >= 4 is 5.96 Å². The molecule has 0 saturated carbocycles. The van der Waals surface area contributed by atoms with E-state index in [9.17, 15) is 0 Å². The average Bonchev–Trinajstić information content (AvgIpc) is 2.72. The minimum atomic E-state index is 0.180. The van der Waals surface area contributed by atoms with Crippen molar-refractivity contribution in [3.8, 4) is 0 Å². The van der Waals surface area contributed by atoms with E-state index in [1.54, 1.807) is 0 Å². The zero-order chi connectivity index (χ0) is 22.3. The van der Waals surface area contributed by atoms with Crippen LogP contribution in [-0.4, -0.2) is 31.6 Å². The molecule has 5 nitrogen and oxygen atoms in total. The molecule has 0 spiro atoms. The van der Waals surface area contributed by atoms with Gasteiger partial charge in [0, 0.05) is 12.6 Å². The fourth-order valence-electron chi connectivity index (χ4n) is 4.16. The molecule has 0 amide bonds. The summed E-state index contributed by atoms with van der Waals surface area (Å²) in [5.41, 5.74) is 17.3. The quantitative estimate of drug-likeness (QED) is 0.0990. The van der Waals surface area contributed by atoms with E-state index < -0.39 is 0 Å². The van der Waals surface area contributed by atoms with Crippen molar-refractivity contribution in [3.63, 3.8) is 0 Å². The van der Waals surface area contributed by atoms with Gasteiger partial charge in [0.15, 0.2) is 5.96 Å². The van der Waals surface area contributed by atoms with Gasteiger partial charge in [-0.3, -0.25) is 4.99 Å². The Balaban J connectivity index is 4.06. The predicted octanol–water partition coefficient (Wildman–Crippen LogP) is 5.46. The van der Waals surface area contributed by atoms with E-state index >= 15 is 0 Å². The van der Waals surface area contributed by atoms with E-state index in [0.29, 0.717) is 18.5 Å². The molecular formula is C25H55N5. The number of unbranched alkanes of at least 4 members (excludes halogenated alkanes) is 11. The number of hydrogen-bond donors (Lipinski definition) is 4. The van der Waals surface area contributed by atoms with Crippen molar-refractivity contribution in [1.82, 2.24) is 5.32 Å². The Bertz CT molecular complexity index is 369. The van der Waals surface area contributed by atoms with Crippen LogP contribution in [0.25, 0.3) is 0 Å². The van der Waals surface area contributed by atoms with Gasteiger partial charge in [0.25, 0.3) is 0 Å². The zero-order valence-electron chi connectivity index (χ0n) is 20.5. The Hall–Kier alpha value is -0.810. The summed E-state index contributed by atoms with van der Waals surface area (Å²) in [7, 11) is 0. The van der Waals surface area contributed by atoms with E-state index in [4.69, 9.17) is 17.2 Å². The van der Waals surface area contributed by atoms with Gasteiger partial charge in [-0.1, -0.05) is 97.3 Å². The maximum absolute atomic E-state index is 6.65. The molecule has 0 heterocycles. The van der Waals surface area contributed by atoms with Gasteiger partial charge in [-0.15, -0.1) is 0 Å². The molecule has 2 unspecified atom stereocenters. The smallest absolute Gasteiger partial charge is 0.185 e. The third kappa shape index (κ3) is 20.5. The first-order valence-corrected chi connectivity index (χ1v) is 13.1. The highest BCUT2D eigenvalue weighted by atomic mass is 15.0. The normalized spacial score (nSPS) is 13.3. The molecule has 0 aromatic carbocycles. The van der Waals surface area contributed by atoms with Crippen LogP contribution in [0.2, 0.25) is 0 Å². The molecule has 0 aliphatic carbocycles. The second kappa shape index (κ2) is 22.9. The topological polar surface area (TPSA) is 102 Å². The molecule has 7 N–H and O–H groups in total. The van der Waals surface area contributed by atoms with Gasteiger partial charge in [0.2, 0.25) is 0 Å². The minimum Gasteiger partial charge on any atom is -0.370 e. The Morgan fingerprint density at radius 1 is 0.667 bits per heavy atom. The zero-order valence-corrected chi connectivity index (χ0v) is 20.5. The lowest BCUT2D eigenvalue weighted by atomic mass is 9.87. The summed E-state index contributed by atoms with van der Waals surface area (Å²) >= 11 is 0. The summed E-state index contributed by atoms with van der Waals surface area (Å²) in [6, 6.07) is 0.325. The van der Waals surface area contributed by atoms with Crippen LogP contribution in [-0.2, 0) is 0 Å². The predicted molar refractivity (Wildman–Crippen MR) is 135 cm³/mol. The summed E-state index contributed by atoms with van der Waals surface area (Å²) < 4.78 is 0. The number of hydrogen-bond acceptors (Lipinski definition) is 3. The summed E-state index contributed by atoms with van der Waals surface area (Å²) in [5, 5.41) is 3.50. The molecule has 2 atom stereocenters. The largest absolute Gasteiger partial charge is 0.370 e. The monoisotopic (exact) mass is 425 g/mol. The van der Waals surface area contributed by atoms with Gasteiger partial charge in [-0.05, 0) is 44.7 Å². The van der Waals surface area contributed by atoms with Crippen LogP contribution in [0.1, 0.15) is 123 Å². The number of rotatable bonds is 23. The number of guanidine groups is 1. The van der Waals surface area contributed by atoms with Crippen LogP contribution < -0.4 is 22.5 Å². The fourth-order valence-corrected chi connectivity index (χ4v) is 4.16. The minimum absolute atomic E-state index is 0.180. The Morgan fingerprint density at radius 3 is 1.67 bits per heavy atom. The highest BCUT2D eigenvalue weighted by molar-refractivity contribution is 5.75. The van der Waals surface area contributed by atoms with Crippen LogP contribution >= 0.6 is 0 Å². The first-order chi connectivity index (χ1) is 14.6. The summed E-state index contributed by atoms with van der Waals surface area (Å²) in [6.07, 6.45) is 22.6. The standard InChI is InChI=1S/C25H55N5/c1-3-5-7-9-11-13-15-18-23(17-14-12-10-8-6-4-2)24(26)19-22-29-20-16-21-30-25(27)28/h23-24,29H,3-22,26H2,1-2H3,(H4,27,28,30). The van der Waals surface area contributed by atoms with Gasteiger partial charge >= 0.3 is 0 Å². The number of nitrogens with one attached hydrogen (secondary N) is 1. The third-order valence-corrected chi connectivity index (χ3v) is 6.17. The van der Waals surface area contributed by atoms with E-state index in [0.717, 1.165) is 25.9 Å². The first-order valence-electron chi connectivity index (χ1n) is 13.1. The van der Waals surface area contributed by atoms with Crippen LogP contribution in [0, 0.1) is 5.92 Å². The highest BCUT2D eigenvalue weighted by Crippen LogP contribution is 2.23. The van der Waals surface area contributed by atoms with Crippen molar-refractivity contribution in [2.45, 2.75) is 129 Å². The lowest BCUT2D eigenvalue weighted by Crippen LogP contribution is -2.34. The van der Waals surface area contributed by atoms with Crippen LogP contribution in [0.4, 0.5) is 0 Å². The summed E-state index contributed by atoms with van der Waals surface area (Å²) in [6.45, 7) is 7.20. The fraction of sp³-hybridized carbons (Fsp3) is 0.960. The van der Waals surface area contributed by atoms with Crippen molar-refractivity contribution in [2.75, 3.05) is 19.6 Å². The molecule has 0 rings (SSSR count). The lowest BCUT2D eigenvalue weighted by molar-refractivity contribution is 0.325. The number of aliphatic imine (C=N–C) groups is 1. The van der Waals surface area contributed by atoms with Gasteiger partial charge in [-0.25, -0.2) is 0 Å². The molecule has 0 aliphatic rings. The Labute approximate surface area is 188 Å². The third-order valence-electron chi connectivity index (χ3n) is 6.17. The van der Waals surface area contributed by atoms with Gasteiger partial charge in [-0.2, -0.15) is 0 Å². The Kier molecular flexibility index (Phi) is 22.2. The van der Waals surface area contributed by atoms with Crippen molar-refractivity contribution in [1.29, 1.82) is 0 Å². The molecule has 0 fully saturated rings. The molecule has 5 heteroatoms. The van der Waals surface area contributed by atoms with E-state index in [-0.39, 0.29) is 5.96 Å². The number of nitrogens with zero attached hydrogens (tertiary/aromatic N) is 1. The summed E-state index contributed by atoms with van der Waals surface area (Å²) in [4.78, 5) is 4.02. The summed E-state index contributed by atoms with van der Waals surface area (Å²) in [5.74, 6) is 0.871. The first kappa shape index (κ1) is 29.2. The van der Waals surface area contributed by atoms with Crippen LogP contribution in [0.15, 0.2) is 4.99 Å². The lowest BCUT2D eigenvalue weighted by Gasteiger charge is -2.24. The van der Waals surface area contributed by atoms with Gasteiger partial charge < -0.3 is 22.5 Å². The molecule has 180 valence electrons. The highest BCUT2D eigenvalue weighted by Gasteiger charge is 2.17. The second-order valence-corrected chi connectivity index (χ2v) is 9.09. The maximum atomic E-state index is 6.65. The molecule has 30 heavy (non-hydrogen) atoms. The number of nitrogens with two attached hydrogens (primary N) is 3. The maximum Gasteiger partial charge on any atom is 0.185 e. The van der Waals surface area contributed by atoms with Crippen LogP contribution in [0.5, 0.6) is 0 Å². The van der Waals surface area contributed by atoms with E-state index in [1.165, 1.54) is 96.3 Å². The van der Waals surface area contributed by atoms with E-state index in [2.05, 4.69) is 24.2 Å². The van der Waals surface area contributed by atoms with E-state index in [1.807, 2.05) is 0 Å². The SMILES string of the molecule is CCCCCCCCCC(CCCCCCCC)C(N)CCNCCCN=C(N)N. The van der Waals surface area contributed by atoms with Crippen molar-refractivity contribution in [2.24, 2.45) is 28.1 Å². The molecule has 0 saturated heterocycles. The molecule has 0 bridgehead atoms. The molecule has 0 aliphatic heterocycles. The molecule has 0 radical (unpaired) electrons. The molecular weight excluding hydrogens is 370 g/mol. The average molecular weight is 426 g/mol. The van der Waals surface area contributed by atoms with Crippen molar-refractivity contribution < 1.29 is 0 Å². The van der Waals surface area contributed by atoms with Gasteiger partial charge in [0.1, 0.15) is 0 Å². The Morgan fingerprint density at radius 2 is 1.17 bits per heavy atom. The molecule has 0 aromatic heterocycles. The van der Waals surface area contributed by atoms with Gasteiger partial charge in [0.05, 0.1) is 0 Å².